The molecule has 0 saturated carbocycles. The highest BCUT2D eigenvalue weighted by atomic mass is 16.6. The quantitative estimate of drug-likeness (QED) is 0.611. The molecule has 0 fully saturated rings. The molecule has 0 bridgehead atoms. The Labute approximate surface area is 137 Å². The highest BCUT2D eigenvalue weighted by Crippen LogP contribution is 2.15. The summed E-state index contributed by atoms with van der Waals surface area (Å²) in [6.45, 7) is 3.12. The van der Waals surface area contributed by atoms with Gasteiger partial charge in [0.2, 0.25) is 0 Å². The van der Waals surface area contributed by atoms with Crippen LogP contribution in [0.5, 0.6) is 0 Å². The van der Waals surface area contributed by atoms with Crippen molar-refractivity contribution in [3.63, 3.8) is 0 Å². The Balaban J connectivity index is 2.11. The summed E-state index contributed by atoms with van der Waals surface area (Å²) < 4.78 is 1.41. The van der Waals surface area contributed by atoms with Crippen molar-refractivity contribution in [2.45, 2.75) is 19.9 Å². The first-order valence-corrected chi connectivity index (χ1v) is 7.12. The van der Waals surface area contributed by atoms with Gasteiger partial charge in [-0.25, -0.2) is 4.68 Å². The van der Waals surface area contributed by atoms with Crippen LogP contribution in [-0.4, -0.2) is 37.7 Å². The Morgan fingerprint density at radius 2 is 1.92 bits per heavy atom. The summed E-state index contributed by atoms with van der Waals surface area (Å²) in [5, 5.41) is 26.2. The topological polar surface area (TPSA) is 127 Å². The number of rotatable bonds is 6. The average molecular weight is 332 g/mol. The minimum Gasteiger partial charge on any atom is -0.481 e. The van der Waals surface area contributed by atoms with E-state index in [9.17, 15) is 19.7 Å². The molecule has 2 atom stereocenters. The maximum atomic E-state index is 12.1. The molecule has 1 aromatic heterocycles. The molecular formula is C15H16N4O5. The molecule has 0 aliphatic carbocycles. The lowest BCUT2D eigenvalue weighted by atomic mass is 10.0. The van der Waals surface area contributed by atoms with Crippen LogP contribution in [-0.2, 0) is 4.79 Å². The molecule has 126 valence electrons. The smallest absolute Gasteiger partial charge is 0.308 e. The van der Waals surface area contributed by atoms with Gasteiger partial charge in [-0.2, -0.15) is 5.10 Å². The largest absolute Gasteiger partial charge is 0.481 e. The minimum absolute atomic E-state index is 0.0413. The van der Waals surface area contributed by atoms with Gasteiger partial charge in [-0.15, -0.1) is 0 Å². The van der Waals surface area contributed by atoms with E-state index in [2.05, 4.69) is 10.4 Å². The Kier molecular flexibility index (Phi) is 4.93. The number of amides is 1. The van der Waals surface area contributed by atoms with Gasteiger partial charge in [0, 0.05) is 24.4 Å². The molecule has 2 rings (SSSR count). The van der Waals surface area contributed by atoms with E-state index < -0.39 is 28.8 Å². The highest BCUT2D eigenvalue weighted by molar-refractivity contribution is 5.94. The zero-order chi connectivity index (χ0) is 17.9. The molecule has 24 heavy (non-hydrogen) atoms. The first-order valence-electron chi connectivity index (χ1n) is 7.12. The molecule has 0 radical (unpaired) electrons. The number of non-ortho nitro benzene ring substituents is 1. The Bertz CT molecular complexity index is 768. The first-order chi connectivity index (χ1) is 11.3. The lowest BCUT2D eigenvalue weighted by molar-refractivity contribution is -0.384. The van der Waals surface area contributed by atoms with E-state index in [0.717, 1.165) is 0 Å². The molecule has 0 saturated heterocycles. The zero-order valence-corrected chi connectivity index (χ0v) is 13.0. The van der Waals surface area contributed by atoms with Gasteiger partial charge in [-0.3, -0.25) is 19.7 Å². The Hall–Kier alpha value is -3.23. The molecule has 0 aliphatic rings. The van der Waals surface area contributed by atoms with Crippen molar-refractivity contribution >= 4 is 17.6 Å². The average Bonchev–Trinajstić information content (AvgIpc) is 3.04. The van der Waals surface area contributed by atoms with Gasteiger partial charge < -0.3 is 10.4 Å². The fourth-order valence-electron chi connectivity index (χ4n) is 1.94. The van der Waals surface area contributed by atoms with Crippen molar-refractivity contribution in [2.24, 2.45) is 5.92 Å². The molecule has 1 aromatic carbocycles. The fourth-order valence-corrected chi connectivity index (χ4v) is 1.94. The van der Waals surface area contributed by atoms with E-state index in [-0.39, 0.29) is 11.3 Å². The standard InChI is InChI=1S/C15H16N4O5/c1-9(15(21)22)10(2)17-14(20)11-7-16-18(8-11)12-3-5-13(6-4-12)19(23)24/h3-10H,1-2H3,(H,17,20)(H,21,22). The summed E-state index contributed by atoms with van der Waals surface area (Å²) in [5.41, 5.74) is 0.782. The zero-order valence-electron chi connectivity index (χ0n) is 13.0. The lowest BCUT2D eigenvalue weighted by Crippen LogP contribution is -2.39. The predicted octanol–water partition coefficient (Wildman–Crippen LogP) is 1.62. The van der Waals surface area contributed by atoms with Crippen LogP contribution in [0.4, 0.5) is 5.69 Å². The van der Waals surface area contributed by atoms with Crippen LogP contribution in [0.1, 0.15) is 24.2 Å². The number of carboxylic acids is 1. The molecule has 2 unspecified atom stereocenters. The second kappa shape index (κ2) is 6.90. The lowest BCUT2D eigenvalue weighted by Gasteiger charge is -2.17. The summed E-state index contributed by atoms with van der Waals surface area (Å²) in [6.07, 6.45) is 2.81. The molecular weight excluding hydrogens is 316 g/mol. The van der Waals surface area contributed by atoms with E-state index in [0.29, 0.717) is 5.69 Å². The molecule has 2 N–H and O–H groups in total. The van der Waals surface area contributed by atoms with Crippen molar-refractivity contribution in [3.8, 4) is 5.69 Å². The molecule has 0 aliphatic heterocycles. The van der Waals surface area contributed by atoms with Gasteiger partial charge in [0.15, 0.2) is 0 Å². The van der Waals surface area contributed by atoms with E-state index in [1.165, 1.54) is 48.3 Å². The second-order valence-electron chi connectivity index (χ2n) is 5.34. The minimum atomic E-state index is -0.996. The Morgan fingerprint density at radius 1 is 1.29 bits per heavy atom. The molecule has 2 aromatic rings. The number of aliphatic carboxylic acids is 1. The van der Waals surface area contributed by atoms with Crippen LogP contribution in [0.25, 0.3) is 5.69 Å². The number of carbonyl (C=O) groups is 2. The van der Waals surface area contributed by atoms with Gasteiger partial charge in [0.05, 0.1) is 28.3 Å². The summed E-state index contributed by atoms with van der Waals surface area (Å²) in [6, 6.07) is 5.17. The number of nitro benzene ring substituents is 1. The number of carboxylic acid groups (broad SMARTS) is 1. The first kappa shape index (κ1) is 17.1. The van der Waals surface area contributed by atoms with Gasteiger partial charge in [-0.05, 0) is 26.0 Å². The van der Waals surface area contributed by atoms with Crippen LogP contribution in [0.3, 0.4) is 0 Å². The number of benzene rings is 1. The number of nitro groups is 1. The van der Waals surface area contributed by atoms with E-state index in [1.807, 2.05) is 0 Å². The molecule has 9 heteroatoms. The third kappa shape index (κ3) is 3.75. The number of nitrogens with one attached hydrogen (secondary N) is 1. The Morgan fingerprint density at radius 3 is 2.46 bits per heavy atom. The highest BCUT2D eigenvalue weighted by Gasteiger charge is 2.22. The van der Waals surface area contributed by atoms with Gasteiger partial charge in [0.1, 0.15) is 0 Å². The van der Waals surface area contributed by atoms with Crippen LogP contribution in [0, 0.1) is 16.0 Å². The number of carbonyl (C=O) groups excluding carboxylic acids is 1. The van der Waals surface area contributed by atoms with Crippen LogP contribution >= 0.6 is 0 Å². The van der Waals surface area contributed by atoms with Crippen LogP contribution < -0.4 is 5.32 Å². The number of hydrogen-bond donors (Lipinski definition) is 2. The predicted molar refractivity (Wildman–Crippen MR) is 83.9 cm³/mol. The molecule has 1 amide bonds. The third-order valence-electron chi connectivity index (χ3n) is 3.67. The number of aromatic nitrogens is 2. The number of nitrogens with zero attached hydrogens (tertiary/aromatic N) is 3. The summed E-state index contributed by atoms with van der Waals surface area (Å²) >= 11 is 0. The summed E-state index contributed by atoms with van der Waals surface area (Å²) in [5.74, 6) is -2.16. The maximum Gasteiger partial charge on any atom is 0.308 e. The van der Waals surface area contributed by atoms with E-state index in [4.69, 9.17) is 5.11 Å². The summed E-state index contributed by atoms with van der Waals surface area (Å²) in [4.78, 5) is 33.2. The normalized spacial score (nSPS) is 13.1. The molecule has 1 heterocycles. The van der Waals surface area contributed by atoms with Gasteiger partial charge in [0.25, 0.3) is 11.6 Å². The van der Waals surface area contributed by atoms with Gasteiger partial charge in [-0.1, -0.05) is 0 Å². The van der Waals surface area contributed by atoms with Gasteiger partial charge >= 0.3 is 5.97 Å². The molecule has 9 nitrogen and oxygen atoms in total. The van der Waals surface area contributed by atoms with Crippen molar-refractivity contribution in [2.75, 3.05) is 0 Å². The van der Waals surface area contributed by atoms with Crippen molar-refractivity contribution in [3.05, 3.63) is 52.3 Å². The van der Waals surface area contributed by atoms with Crippen molar-refractivity contribution in [1.82, 2.24) is 15.1 Å². The second-order valence-corrected chi connectivity index (χ2v) is 5.34. The molecule has 0 spiro atoms. The fraction of sp³-hybridized carbons (Fsp3) is 0.267. The van der Waals surface area contributed by atoms with Crippen molar-refractivity contribution < 1.29 is 19.6 Å². The van der Waals surface area contributed by atoms with E-state index in [1.54, 1.807) is 6.92 Å². The number of hydrogen-bond acceptors (Lipinski definition) is 5. The van der Waals surface area contributed by atoms with E-state index >= 15 is 0 Å². The summed E-state index contributed by atoms with van der Waals surface area (Å²) in [7, 11) is 0. The van der Waals surface area contributed by atoms with Crippen LogP contribution in [0.2, 0.25) is 0 Å². The maximum absolute atomic E-state index is 12.1. The SMILES string of the molecule is CC(NC(=O)c1cnn(-c2ccc([N+](=O)[O-])cc2)c1)C(C)C(=O)O. The monoisotopic (exact) mass is 332 g/mol. The van der Waals surface area contributed by atoms with Crippen molar-refractivity contribution in [1.29, 1.82) is 0 Å². The third-order valence-corrected chi connectivity index (χ3v) is 3.67. The van der Waals surface area contributed by atoms with Crippen LogP contribution in [0.15, 0.2) is 36.7 Å².